The van der Waals surface area contributed by atoms with Gasteiger partial charge in [0.25, 0.3) is 0 Å². The van der Waals surface area contributed by atoms with E-state index in [0.29, 0.717) is 25.4 Å². The zero-order valence-electron chi connectivity index (χ0n) is 17.4. The summed E-state index contributed by atoms with van der Waals surface area (Å²) in [6.07, 6.45) is 11.2. The Hall–Kier alpha value is -2.02. The Morgan fingerprint density at radius 1 is 0.621 bits per heavy atom. The third kappa shape index (κ3) is 30.9. The number of rotatable bonds is 14. The molecule has 0 atom stereocenters. The second kappa shape index (κ2) is 24.0. The molecule has 0 aromatic rings. The molecule has 0 aromatic heterocycles. The molecule has 0 heterocycles. The first-order chi connectivity index (χ1) is 13.3. The van der Waals surface area contributed by atoms with Gasteiger partial charge in [0.05, 0.1) is 25.2 Å². The summed E-state index contributed by atoms with van der Waals surface area (Å²) in [7, 11) is 0. The molecule has 0 radical (unpaired) electrons. The number of carbonyl (C=O) groups excluding carboxylic acids is 4. The van der Waals surface area contributed by atoms with Gasteiger partial charge in [0.1, 0.15) is 0 Å². The van der Waals surface area contributed by atoms with Gasteiger partial charge in [-0.3, -0.25) is 0 Å². The molecular formula is C20H30O8Zn. The Balaban J connectivity index is -0.000000451. The van der Waals surface area contributed by atoms with Gasteiger partial charge in [-0.05, 0) is 25.0 Å². The molecule has 160 valence electrons. The maximum atomic E-state index is 10.8. The first kappa shape index (κ1) is 31.7. The number of carboxylic acids is 2. The average Bonchev–Trinajstić information content (AvgIpc) is 2.65. The number of esters is 2. The van der Waals surface area contributed by atoms with Gasteiger partial charge in [-0.1, -0.05) is 52.4 Å². The van der Waals surface area contributed by atoms with E-state index in [-0.39, 0.29) is 19.5 Å². The Morgan fingerprint density at radius 3 is 1.24 bits per heavy atom. The molecule has 0 rings (SSSR count). The summed E-state index contributed by atoms with van der Waals surface area (Å²) in [6.45, 7) is 4.87. The largest absolute Gasteiger partial charge is 2.00 e. The van der Waals surface area contributed by atoms with Gasteiger partial charge in [0.2, 0.25) is 0 Å². The first-order valence-corrected chi connectivity index (χ1v) is 9.45. The Morgan fingerprint density at radius 2 is 0.966 bits per heavy atom. The fourth-order valence-electron chi connectivity index (χ4n) is 1.77. The summed E-state index contributed by atoms with van der Waals surface area (Å²) in [5.74, 6) is -4.06. The quantitative estimate of drug-likeness (QED) is 0.160. The second-order valence-electron chi connectivity index (χ2n) is 5.76. The number of carboxylic acid groups (broad SMARTS) is 2. The Kier molecular flexibility index (Phi) is 26.2. The van der Waals surface area contributed by atoms with Crippen molar-refractivity contribution in [3.63, 3.8) is 0 Å². The number of aliphatic carboxylic acids is 2. The third-order valence-corrected chi connectivity index (χ3v) is 3.20. The van der Waals surface area contributed by atoms with Crippen molar-refractivity contribution in [2.45, 2.75) is 65.2 Å². The van der Waals surface area contributed by atoms with Crippen molar-refractivity contribution >= 4 is 23.9 Å². The smallest absolute Gasteiger partial charge is 0.545 e. The number of unbranched alkanes of at least 4 members (excludes halogenated alkanes) is 6. The third-order valence-electron chi connectivity index (χ3n) is 3.20. The molecular weight excluding hydrogens is 434 g/mol. The maximum absolute atomic E-state index is 10.8. The molecule has 0 unspecified atom stereocenters. The summed E-state index contributed by atoms with van der Waals surface area (Å²) in [5, 5.41) is 19.8. The van der Waals surface area contributed by atoms with Gasteiger partial charge in [-0.15, -0.1) is 0 Å². The molecule has 8 nitrogen and oxygen atoms in total. The number of ether oxygens (including phenoxy) is 2. The summed E-state index contributed by atoms with van der Waals surface area (Å²) >= 11 is 0. The van der Waals surface area contributed by atoms with Gasteiger partial charge in [0, 0.05) is 12.2 Å². The van der Waals surface area contributed by atoms with Crippen LogP contribution in [0, 0.1) is 0 Å². The van der Waals surface area contributed by atoms with Gasteiger partial charge in [0.15, 0.2) is 0 Å². The molecule has 0 spiro atoms. The summed E-state index contributed by atoms with van der Waals surface area (Å²) in [4.78, 5) is 41.4. The van der Waals surface area contributed by atoms with Gasteiger partial charge < -0.3 is 29.3 Å². The van der Waals surface area contributed by atoms with E-state index >= 15 is 0 Å². The fraction of sp³-hybridized carbons (Fsp3) is 0.600. The summed E-state index contributed by atoms with van der Waals surface area (Å²) in [5.41, 5.74) is 0. The molecule has 9 heteroatoms. The SMILES string of the molecule is CCCCCCOC(=O)/C=C\C(=O)[O-].CCCCCCOC(=O)/C=C\C(=O)[O-].[Zn+2]. The summed E-state index contributed by atoms with van der Waals surface area (Å²) < 4.78 is 9.44. The van der Waals surface area contributed by atoms with Crippen LogP contribution in [0.3, 0.4) is 0 Å². The molecule has 0 N–H and O–H groups in total. The van der Waals surface area contributed by atoms with Crippen LogP contribution in [0.2, 0.25) is 0 Å². The molecule has 0 aliphatic carbocycles. The molecule has 0 amide bonds. The van der Waals surface area contributed by atoms with Crippen molar-refractivity contribution in [1.82, 2.24) is 0 Å². The molecule has 0 bridgehead atoms. The number of carbonyl (C=O) groups is 4. The Bertz CT molecular complexity index is 469. The molecule has 0 fully saturated rings. The molecule has 0 aliphatic rings. The molecule has 0 saturated carbocycles. The van der Waals surface area contributed by atoms with Crippen molar-refractivity contribution < 1.29 is 58.3 Å². The maximum Gasteiger partial charge on any atom is 2.00 e. The second-order valence-corrected chi connectivity index (χ2v) is 5.76. The first-order valence-electron chi connectivity index (χ1n) is 9.45. The van der Waals surface area contributed by atoms with E-state index in [1.807, 2.05) is 0 Å². The summed E-state index contributed by atoms with van der Waals surface area (Å²) in [6, 6.07) is 0. The van der Waals surface area contributed by atoms with E-state index in [1.54, 1.807) is 0 Å². The molecule has 0 aliphatic heterocycles. The minimum Gasteiger partial charge on any atom is -0.545 e. The monoisotopic (exact) mass is 462 g/mol. The van der Waals surface area contributed by atoms with E-state index in [4.69, 9.17) is 9.47 Å². The van der Waals surface area contributed by atoms with Crippen LogP contribution >= 0.6 is 0 Å². The zero-order valence-corrected chi connectivity index (χ0v) is 20.3. The van der Waals surface area contributed by atoms with Crippen LogP contribution in [0.15, 0.2) is 24.3 Å². The minimum atomic E-state index is -1.40. The normalized spacial score (nSPS) is 10.0. The molecule has 0 saturated heterocycles. The van der Waals surface area contributed by atoms with Crippen LogP contribution in [0.4, 0.5) is 0 Å². The fourth-order valence-corrected chi connectivity index (χ4v) is 1.77. The van der Waals surface area contributed by atoms with Crippen LogP contribution in [0.1, 0.15) is 65.2 Å². The van der Waals surface area contributed by atoms with Crippen LogP contribution in [-0.2, 0) is 48.1 Å². The van der Waals surface area contributed by atoms with Gasteiger partial charge in [-0.25, -0.2) is 9.59 Å². The molecule has 0 aromatic carbocycles. The average molecular weight is 464 g/mol. The zero-order chi connectivity index (χ0) is 21.6. The van der Waals surface area contributed by atoms with Crippen LogP contribution in [-0.4, -0.2) is 37.1 Å². The van der Waals surface area contributed by atoms with Crippen molar-refractivity contribution in [1.29, 1.82) is 0 Å². The predicted molar refractivity (Wildman–Crippen MR) is 98.5 cm³/mol. The topological polar surface area (TPSA) is 133 Å². The van der Waals surface area contributed by atoms with E-state index in [9.17, 15) is 29.4 Å². The predicted octanol–water partition coefficient (Wildman–Crippen LogP) is 0.830. The number of hydrogen-bond acceptors (Lipinski definition) is 8. The minimum absolute atomic E-state index is 0. The van der Waals surface area contributed by atoms with Gasteiger partial charge in [-0.2, -0.15) is 0 Å². The molecule has 29 heavy (non-hydrogen) atoms. The van der Waals surface area contributed by atoms with Crippen LogP contribution in [0.5, 0.6) is 0 Å². The van der Waals surface area contributed by atoms with Crippen molar-refractivity contribution in [2.24, 2.45) is 0 Å². The van der Waals surface area contributed by atoms with Crippen molar-refractivity contribution in [2.75, 3.05) is 13.2 Å². The van der Waals surface area contributed by atoms with E-state index in [0.717, 1.165) is 63.5 Å². The van der Waals surface area contributed by atoms with Crippen LogP contribution in [0.25, 0.3) is 0 Å². The van der Waals surface area contributed by atoms with E-state index < -0.39 is 23.9 Å². The van der Waals surface area contributed by atoms with E-state index in [1.165, 1.54) is 0 Å². The standard InChI is InChI=1S/2C10H16O4.Zn/c2*1-2-3-4-5-8-14-10(13)7-6-9(11)12;/h2*6-7H,2-5,8H2,1H3,(H,11,12);/q;;+2/p-2/b2*7-6-;. The van der Waals surface area contributed by atoms with E-state index in [2.05, 4.69) is 13.8 Å². The van der Waals surface area contributed by atoms with Gasteiger partial charge >= 0.3 is 31.4 Å². The van der Waals surface area contributed by atoms with Crippen molar-refractivity contribution in [3.8, 4) is 0 Å². The van der Waals surface area contributed by atoms with Crippen molar-refractivity contribution in [3.05, 3.63) is 24.3 Å². The van der Waals surface area contributed by atoms with Crippen LogP contribution < -0.4 is 10.2 Å². The number of hydrogen-bond donors (Lipinski definition) is 0. The Labute approximate surface area is 185 Å².